The zero-order valence-electron chi connectivity index (χ0n) is 20.5. The molecule has 0 N–H and O–H groups in total. The molecule has 1 aliphatic rings. The lowest BCUT2D eigenvalue weighted by atomic mass is 9.96. The highest BCUT2D eigenvalue weighted by Gasteiger charge is 2.38. The highest BCUT2D eigenvalue weighted by Crippen LogP contribution is 2.38. The van der Waals surface area contributed by atoms with E-state index in [2.05, 4.69) is 15.2 Å². The summed E-state index contributed by atoms with van der Waals surface area (Å²) in [6, 6.07) is 7.85. The molecule has 3 aromatic heterocycles. The Kier molecular flexibility index (Phi) is 5.53. The lowest BCUT2D eigenvalue weighted by molar-refractivity contribution is -0.141. The van der Waals surface area contributed by atoms with Crippen LogP contribution in [-0.2, 0) is 26.7 Å². The van der Waals surface area contributed by atoms with E-state index in [0.29, 0.717) is 52.3 Å². The van der Waals surface area contributed by atoms with Crippen LogP contribution in [0.15, 0.2) is 30.3 Å². The van der Waals surface area contributed by atoms with Crippen LogP contribution in [0, 0.1) is 6.92 Å². The van der Waals surface area contributed by atoms with E-state index in [1.165, 1.54) is 11.7 Å². The number of carbonyl (C=O) groups excluding carboxylic acids is 1. The quantitative estimate of drug-likeness (QED) is 0.417. The minimum atomic E-state index is -4.54. The van der Waals surface area contributed by atoms with Gasteiger partial charge in [-0.2, -0.15) is 23.4 Å². The molecule has 0 saturated heterocycles. The van der Waals surface area contributed by atoms with Crippen molar-refractivity contribution in [1.82, 2.24) is 29.4 Å². The number of fused-ring (bicyclic) bond motifs is 2. The molecule has 188 valence electrons. The molecule has 1 unspecified atom stereocenters. The van der Waals surface area contributed by atoms with Gasteiger partial charge in [-0.15, -0.1) is 0 Å². The number of halogens is 3. The lowest BCUT2D eigenvalue weighted by Gasteiger charge is -2.33. The summed E-state index contributed by atoms with van der Waals surface area (Å²) in [5.74, 6) is 0.462. The van der Waals surface area contributed by atoms with E-state index in [9.17, 15) is 18.0 Å². The molecule has 5 rings (SSSR count). The molecule has 4 aromatic rings. The van der Waals surface area contributed by atoms with Crippen molar-refractivity contribution in [1.29, 1.82) is 0 Å². The molecule has 11 heteroatoms. The SMILES string of the molecule is COc1ccc2nc(C)cc(C(=O)N3CCc4c(nn(C)c4-c4cc(C(F)(F)F)nn4C)C3C)c2c1. The zero-order chi connectivity index (χ0) is 25.9. The Morgan fingerprint density at radius 3 is 2.53 bits per heavy atom. The Hall–Kier alpha value is -3.89. The van der Waals surface area contributed by atoms with Gasteiger partial charge in [0.15, 0.2) is 5.69 Å². The number of amides is 1. The Bertz CT molecular complexity index is 1500. The van der Waals surface area contributed by atoms with E-state index in [-0.39, 0.29) is 11.9 Å². The van der Waals surface area contributed by atoms with E-state index >= 15 is 0 Å². The van der Waals surface area contributed by atoms with Gasteiger partial charge >= 0.3 is 6.18 Å². The minimum absolute atomic E-state index is 0.163. The fourth-order valence-electron chi connectivity index (χ4n) is 4.97. The first-order valence-electron chi connectivity index (χ1n) is 11.4. The zero-order valence-corrected chi connectivity index (χ0v) is 20.5. The van der Waals surface area contributed by atoms with Crippen LogP contribution in [0.4, 0.5) is 13.2 Å². The van der Waals surface area contributed by atoms with Crippen LogP contribution in [0.5, 0.6) is 5.75 Å². The molecule has 1 aromatic carbocycles. The summed E-state index contributed by atoms with van der Waals surface area (Å²) in [5.41, 5.74) is 3.37. The number of alkyl halides is 3. The maximum atomic E-state index is 13.8. The third-order valence-corrected chi connectivity index (χ3v) is 6.69. The maximum absolute atomic E-state index is 13.8. The third-order valence-electron chi connectivity index (χ3n) is 6.69. The van der Waals surface area contributed by atoms with Crippen molar-refractivity contribution in [2.24, 2.45) is 14.1 Å². The number of methoxy groups -OCH3 is 1. The highest BCUT2D eigenvalue weighted by atomic mass is 19.4. The summed E-state index contributed by atoms with van der Waals surface area (Å²) < 4.78 is 47.9. The molecule has 0 saturated carbocycles. The molecule has 4 heterocycles. The van der Waals surface area contributed by atoms with Crippen molar-refractivity contribution >= 4 is 16.8 Å². The van der Waals surface area contributed by atoms with Crippen molar-refractivity contribution in [3.05, 3.63) is 58.5 Å². The molecule has 8 nitrogen and oxygen atoms in total. The van der Waals surface area contributed by atoms with Crippen molar-refractivity contribution in [2.75, 3.05) is 13.7 Å². The number of hydrogen-bond donors (Lipinski definition) is 0. The highest BCUT2D eigenvalue weighted by molar-refractivity contribution is 6.06. The first-order chi connectivity index (χ1) is 17.0. The molecule has 0 radical (unpaired) electrons. The largest absolute Gasteiger partial charge is 0.497 e. The van der Waals surface area contributed by atoms with Crippen LogP contribution in [-0.4, -0.2) is 49.0 Å². The van der Waals surface area contributed by atoms with Gasteiger partial charge in [-0.1, -0.05) is 0 Å². The first-order valence-corrected chi connectivity index (χ1v) is 11.4. The average Bonchev–Trinajstić information content (AvgIpc) is 3.37. The predicted molar refractivity (Wildman–Crippen MR) is 127 cm³/mol. The first kappa shape index (κ1) is 23.8. The number of pyridine rings is 1. The van der Waals surface area contributed by atoms with Gasteiger partial charge < -0.3 is 9.64 Å². The molecule has 1 amide bonds. The van der Waals surface area contributed by atoms with Crippen LogP contribution in [0.1, 0.15) is 46.0 Å². The summed E-state index contributed by atoms with van der Waals surface area (Å²) >= 11 is 0. The van der Waals surface area contributed by atoms with Gasteiger partial charge in [-0.25, -0.2) is 0 Å². The second-order valence-electron chi connectivity index (χ2n) is 8.99. The van der Waals surface area contributed by atoms with E-state index in [0.717, 1.165) is 17.3 Å². The van der Waals surface area contributed by atoms with Crippen LogP contribution in [0.3, 0.4) is 0 Å². The van der Waals surface area contributed by atoms with Gasteiger partial charge in [0.25, 0.3) is 5.91 Å². The van der Waals surface area contributed by atoms with Gasteiger partial charge in [0.1, 0.15) is 5.75 Å². The third kappa shape index (κ3) is 3.78. The predicted octanol–water partition coefficient (Wildman–Crippen LogP) is 4.46. The summed E-state index contributed by atoms with van der Waals surface area (Å²) in [5, 5.41) is 8.97. The smallest absolute Gasteiger partial charge is 0.435 e. The van der Waals surface area contributed by atoms with Crippen LogP contribution >= 0.6 is 0 Å². The van der Waals surface area contributed by atoms with Crippen molar-refractivity contribution in [3.63, 3.8) is 0 Å². The van der Waals surface area contributed by atoms with E-state index in [1.807, 2.05) is 19.9 Å². The lowest BCUT2D eigenvalue weighted by Crippen LogP contribution is -2.39. The van der Waals surface area contributed by atoms with Gasteiger partial charge in [-0.3, -0.25) is 19.1 Å². The minimum Gasteiger partial charge on any atom is -0.497 e. The van der Waals surface area contributed by atoms with E-state index in [4.69, 9.17) is 4.74 Å². The van der Waals surface area contributed by atoms with Gasteiger partial charge in [0.05, 0.1) is 41.3 Å². The standard InChI is InChI=1S/C25H25F3N6O2/c1-13-10-18(17-11-15(36-5)6-7-19(17)29-13)24(35)34-9-8-16-22(14(34)2)31-33(4)23(16)20-12-21(25(26,27)28)30-32(20)3/h6-7,10-12,14H,8-9H2,1-5H3. The van der Waals surface area contributed by atoms with Crippen molar-refractivity contribution in [3.8, 4) is 17.1 Å². The Balaban J connectivity index is 1.54. The van der Waals surface area contributed by atoms with Crippen LogP contribution < -0.4 is 4.74 Å². The fraction of sp³-hybridized carbons (Fsp3) is 0.360. The second-order valence-corrected chi connectivity index (χ2v) is 8.99. The average molecular weight is 499 g/mol. The Labute approximate surface area is 205 Å². The number of rotatable bonds is 3. The summed E-state index contributed by atoms with van der Waals surface area (Å²) in [6.07, 6.45) is -4.09. The Morgan fingerprint density at radius 1 is 1.11 bits per heavy atom. The van der Waals surface area contributed by atoms with Crippen LogP contribution in [0.2, 0.25) is 0 Å². The second kappa shape index (κ2) is 8.35. The van der Waals surface area contributed by atoms with E-state index in [1.54, 1.807) is 41.9 Å². The number of aryl methyl sites for hydroxylation is 3. The molecular weight excluding hydrogens is 473 g/mol. The molecule has 1 aliphatic heterocycles. The number of ether oxygens (including phenoxy) is 1. The Morgan fingerprint density at radius 2 is 1.86 bits per heavy atom. The normalized spacial score (nSPS) is 15.9. The summed E-state index contributed by atoms with van der Waals surface area (Å²) in [4.78, 5) is 20.1. The topological polar surface area (TPSA) is 78.1 Å². The fourth-order valence-corrected chi connectivity index (χ4v) is 4.97. The number of aromatic nitrogens is 5. The van der Waals surface area contributed by atoms with E-state index < -0.39 is 11.9 Å². The number of hydrogen-bond acceptors (Lipinski definition) is 5. The van der Waals surface area contributed by atoms with Gasteiger partial charge in [0.2, 0.25) is 0 Å². The summed E-state index contributed by atoms with van der Waals surface area (Å²) in [7, 11) is 4.74. The number of nitrogens with zero attached hydrogens (tertiary/aromatic N) is 6. The van der Waals surface area contributed by atoms with Crippen molar-refractivity contribution in [2.45, 2.75) is 32.5 Å². The molecule has 0 spiro atoms. The maximum Gasteiger partial charge on any atom is 0.435 e. The molecule has 0 aliphatic carbocycles. The molecular formula is C25H25F3N6O2. The molecule has 1 atom stereocenters. The molecule has 0 bridgehead atoms. The van der Waals surface area contributed by atoms with Gasteiger partial charge in [-0.05, 0) is 50.6 Å². The van der Waals surface area contributed by atoms with Crippen molar-refractivity contribution < 1.29 is 22.7 Å². The molecule has 0 fully saturated rings. The molecule has 36 heavy (non-hydrogen) atoms. The number of carbonyl (C=O) groups is 1. The summed E-state index contributed by atoms with van der Waals surface area (Å²) in [6.45, 7) is 4.11. The van der Waals surface area contributed by atoms with Gasteiger partial charge in [0, 0.05) is 37.3 Å². The monoisotopic (exact) mass is 498 g/mol. The van der Waals surface area contributed by atoms with Crippen LogP contribution in [0.25, 0.3) is 22.3 Å². The number of benzene rings is 1.